The summed E-state index contributed by atoms with van der Waals surface area (Å²) in [6.07, 6.45) is 4.16. The summed E-state index contributed by atoms with van der Waals surface area (Å²) in [7, 11) is 0. The molecule has 6 heteroatoms. The van der Waals surface area contributed by atoms with Crippen LogP contribution in [0.5, 0.6) is 0 Å². The van der Waals surface area contributed by atoms with Crippen molar-refractivity contribution in [2.75, 3.05) is 18.8 Å². The van der Waals surface area contributed by atoms with E-state index in [1.807, 2.05) is 47.4 Å². The Bertz CT molecular complexity index is 1040. The lowest BCUT2D eigenvalue weighted by atomic mass is 10.0. The number of nitrogens with two attached hydrogens (primary N) is 1. The van der Waals surface area contributed by atoms with Crippen LogP contribution < -0.4 is 11.1 Å². The Labute approximate surface area is 169 Å². The van der Waals surface area contributed by atoms with E-state index in [1.54, 1.807) is 18.3 Å². The molecular formula is C23H24N4O2. The highest BCUT2D eigenvalue weighted by Gasteiger charge is 2.24. The van der Waals surface area contributed by atoms with Crippen molar-refractivity contribution < 1.29 is 9.59 Å². The van der Waals surface area contributed by atoms with Crippen LogP contribution in [0, 0.1) is 0 Å². The summed E-state index contributed by atoms with van der Waals surface area (Å²) >= 11 is 0. The van der Waals surface area contributed by atoms with Gasteiger partial charge in [-0.25, -0.2) is 4.98 Å². The number of piperidine rings is 1. The Kier molecular flexibility index (Phi) is 5.42. The van der Waals surface area contributed by atoms with Gasteiger partial charge in [-0.15, -0.1) is 0 Å². The number of carbonyl (C=O) groups excluding carboxylic acids is 2. The summed E-state index contributed by atoms with van der Waals surface area (Å²) in [6.45, 7) is 1.20. The Balaban J connectivity index is 1.59. The summed E-state index contributed by atoms with van der Waals surface area (Å²) in [5, 5.41) is 4.80. The first-order chi connectivity index (χ1) is 14.1. The Hall–Kier alpha value is -3.41. The number of rotatable bonds is 5. The van der Waals surface area contributed by atoms with Gasteiger partial charge in [-0.1, -0.05) is 36.4 Å². The van der Waals surface area contributed by atoms with E-state index in [0.29, 0.717) is 24.3 Å². The van der Waals surface area contributed by atoms with Crippen LogP contribution >= 0.6 is 0 Å². The highest BCUT2D eigenvalue weighted by atomic mass is 16.2. The number of fused-ring (bicyclic) bond motifs is 1. The van der Waals surface area contributed by atoms with Gasteiger partial charge in [-0.3, -0.25) is 9.59 Å². The minimum absolute atomic E-state index is 0.149. The van der Waals surface area contributed by atoms with Crippen molar-refractivity contribution in [3.05, 3.63) is 71.9 Å². The molecule has 148 valence electrons. The van der Waals surface area contributed by atoms with Crippen molar-refractivity contribution in [3.63, 3.8) is 0 Å². The lowest BCUT2D eigenvalue weighted by molar-refractivity contribution is -0.133. The SMILES string of the molecule is Nc1nccc2ccc(C(=O)N[C@@H](CN3CCCCC3=O)c3ccccc3)cc12. The Morgan fingerprint density at radius 2 is 1.97 bits per heavy atom. The van der Waals surface area contributed by atoms with Crippen LogP contribution in [0.25, 0.3) is 10.8 Å². The number of benzene rings is 2. The smallest absolute Gasteiger partial charge is 0.251 e. The van der Waals surface area contributed by atoms with E-state index in [1.165, 1.54) is 0 Å². The molecule has 0 unspecified atom stereocenters. The van der Waals surface area contributed by atoms with Crippen LogP contribution in [0.1, 0.15) is 41.2 Å². The molecule has 0 aliphatic carbocycles. The fourth-order valence-electron chi connectivity index (χ4n) is 3.77. The van der Waals surface area contributed by atoms with Gasteiger partial charge in [0.15, 0.2) is 0 Å². The minimum atomic E-state index is -0.285. The molecule has 1 aliphatic heterocycles. The minimum Gasteiger partial charge on any atom is -0.383 e. The second kappa shape index (κ2) is 8.31. The number of nitrogens with one attached hydrogen (secondary N) is 1. The van der Waals surface area contributed by atoms with Gasteiger partial charge in [0.05, 0.1) is 6.04 Å². The molecule has 0 radical (unpaired) electrons. The Morgan fingerprint density at radius 3 is 2.76 bits per heavy atom. The molecule has 29 heavy (non-hydrogen) atoms. The summed E-state index contributed by atoms with van der Waals surface area (Å²) < 4.78 is 0. The standard InChI is InChI=1S/C23H24N4O2/c24-22-19-14-18(10-9-16(19)11-12-25-22)23(29)26-20(17-6-2-1-3-7-17)15-27-13-5-4-8-21(27)28/h1-3,6-7,9-12,14,20H,4-5,8,13,15H2,(H2,24,25)(H,26,29)/t20-/m0/s1. The van der Waals surface area contributed by atoms with E-state index in [4.69, 9.17) is 5.73 Å². The maximum Gasteiger partial charge on any atom is 0.251 e. The number of aromatic nitrogens is 1. The zero-order valence-corrected chi connectivity index (χ0v) is 16.2. The van der Waals surface area contributed by atoms with Gasteiger partial charge < -0.3 is 16.0 Å². The molecule has 2 amide bonds. The lowest BCUT2D eigenvalue weighted by Gasteiger charge is -2.31. The van der Waals surface area contributed by atoms with Gasteiger partial charge in [0.25, 0.3) is 5.91 Å². The van der Waals surface area contributed by atoms with E-state index >= 15 is 0 Å². The summed E-state index contributed by atoms with van der Waals surface area (Å²) in [4.78, 5) is 31.3. The summed E-state index contributed by atoms with van der Waals surface area (Å²) in [5.41, 5.74) is 7.46. The zero-order valence-electron chi connectivity index (χ0n) is 16.2. The molecule has 1 aliphatic rings. The van der Waals surface area contributed by atoms with Crippen LogP contribution in [-0.4, -0.2) is 34.8 Å². The van der Waals surface area contributed by atoms with Gasteiger partial charge in [-0.2, -0.15) is 0 Å². The molecule has 3 N–H and O–H groups in total. The molecule has 0 bridgehead atoms. The number of likely N-dealkylation sites (tertiary alicyclic amines) is 1. The van der Waals surface area contributed by atoms with Gasteiger partial charge in [-0.05, 0) is 42.0 Å². The quantitative estimate of drug-likeness (QED) is 0.702. The first kappa shape index (κ1) is 18.9. The van der Waals surface area contributed by atoms with Crippen LogP contribution in [-0.2, 0) is 4.79 Å². The molecule has 1 saturated heterocycles. The highest BCUT2D eigenvalue weighted by molar-refractivity contribution is 6.01. The van der Waals surface area contributed by atoms with Crippen LogP contribution in [0.15, 0.2) is 60.8 Å². The number of nitrogen functional groups attached to an aromatic ring is 1. The van der Waals surface area contributed by atoms with Crippen LogP contribution in [0.4, 0.5) is 5.82 Å². The second-order valence-corrected chi connectivity index (χ2v) is 7.37. The monoisotopic (exact) mass is 388 g/mol. The first-order valence-corrected chi connectivity index (χ1v) is 9.89. The summed E-state index contributed by atoms with van der Waals surface area (Å²) in [5.74, 6) is 0.347. The number of carbonyl (C=O) groups is 2. The maximum atomic E-state index is 13.0. The van der Waals surface area contributed by atoms with E-state index < -0.39 is 0 Å². The van der Waals surface area contributed by atoms with Gasteiger partial charge in [0.1, 0.15) is 5.82 Å². The number of hydrogen-bond donors (Lipinski definition) is 2. The lowest BCUT2D eigenvalue weighted by Crippen LogP contribution is -2.43. The number of nitrogens with zero attached hydrogens (tertiary/aromatic N) is 2. The van der Waals surface area contributed by atoms with Crippen molar-refractivity contribution in [3.8, 4) is 0 Å². The maximum absolute atomic E-state index is 13.0. The van der Waals surface area contributed by atoms with E-state index in [2.05, 4.69) is 10.3 Å². The molecule has 3 aromatic rings. The van der Waals surface area contributed by atoms with Crippen LogP contribution in [0.2, 0.25) is 0 Å². The molecule has 0 saturated carbocycles. The van der Waals surface area contributed by atoms with Crippen molar-refractivity contribution in [2.24, 2.45) is 0 Å². The predicted molar refractivity (Wildman–Crippen MR) is 113 cm³/mol. The average molecular weight is 388 g/mol. The van der Waals surface area contributed by atoms with E-state index in [9.17, 15) is 9.59 Å². The molecule has 6 nitrogen and oxygen atoms in total. The molecule has 1 aromatic heterocycles. The molecule has 2 heterocycles. The molecule has 1 fully saturated rings. The van der Waals surface area contributed by atoms with Crippen LogP contribution in [0.3, 0.4) is 0 Å². The third kappa shape index (κ3) is 4.21. The fraction of sp³-hybridized carbons (Fsp3) is 0.261. The number of anilines is 1. The van der Waals surface area contributed by atoms with Gasteiger partial charge >= 0.3 is 0 Å². The molecule has 1 atom stereocenters. The topological polar surface area (TPSA) is 88.3 Å². The fourth-order valence-corrected chi connectivity index (χ4v) is 3.77. The molecular weight excluding hydrogens is 364 g/mol. The molecule has 4 rings (SSSR count). The molecule has 2 aromatic carbocycles. The zero-order chi connectivity index (χ0) is 20.2. The van der Waals surface area contributed by atoms with Gasteiger partial charge in [0, 0.05) is 36.7 Å². The largest absolute Gasteiger partial charge is 0.383 e. The number of pyridine rings is 1. The second-order valence-electron chi connectivity index (χ2n) is 7.37. The highest BCUT2D eigenvalue weighted by Crippen LogP contribution is 2.22. The average Bonchev–Trinajstić information content (AvgIpc) is 2.75. The summed E-state index contributed by atoms with van der Waals surface area (Å²) in [6, 6.07) is 16.8. The first-order valence-electron chi connectivity index (χ1n) is 9.89. The van der Waals surface area contributed by atoms with Crippen molar-refractivity contribution in [1.82, 2.24) is 15.2 Å². The third-order valence-electron chi connectivity index (χ3n) is 5.39. The van der Waals surface area contributed by atoms with Gasteiger partial charge in [0.2, 0.25) is 5.91 Å². The normalized spacial score (nSPS) is 15.3. The number of hydrogen-bond acceptors (Lipinski definition) is 4. The number of amides is 2. The van der Waals surface area contributed by atoms with Crippen molar-refractivity contribution in [2.45, 2.75) is 25.3 Å². The Morgan fingerprint density at radius 1 is 1.14 bits per heavy atom. The van der Waals surface area contributed by atoms with Crippen molar-refractivity contribution >= 4 is 28.4 Å². The molecule has 0 spiro atoms. The van der Waals surface area contributed by atoms with E-state index in [0.717, 1.165) is 35.7 Å². The predicted octanol–water partition coefficient (Wildman–Crippen LogP) is 3.30. The van der Waals surface area contributed by atoms with Crippen molar-refractivity contribution in [1.29, 1.82) is 0 Å². The van der Waals surface area contributed by atoms with E-state index in [-0.39, 0.29) is 17.9 Å². The third-order valence-corrected chi connectivity index (χ3v) is 5.39.